The molecule has 1 fully saturated rings. The van der Waals surface area contributed by atoms with E-state index in [1.54, 1.807) is 24.3 Å². The lowest BCUT2D eigenvalue weighted by Crippen LogP contribution is -2.52. The van der Waals surface area contributed by atoms with Crippen LogP contribution in [0.25, 0.3) is 6.08 Å². The van der Waals surface area contributed by atoms with Crippen molar-refractivity contribution in [3.05, 3.63) is 114 Å². The zero-order valence-corrected chi connectivity index (χ0v) is 22.7. The number of nitrogens with one attached hydrogen (secondary N) is 1. The van der Waals surface area contributed by atoms with E-state index < -0.39 is 17.2 Å². The van der Waals surface area contributed by atoms with Gasteiger partial charge in [-0.05, 0) is 54.1 Å². The molecular formula is C31H29F2N7O2. The molecule has 0 radical (unpaired) electrons. The van der Waals surface area contributed by atoms with Crippen LogP contribution in [-0.4, -0.2) is 63.4 Å². The summed E-state index contributed by atoms with van der Waals surface area (Å²) in [5.41, 5.74) is 1.28. The zero-order valence-electron chi connectivity index (χ0n) is 22.7. The number of carbonyl (C=O) groups is 1. The fourth-order valence-corrected chi connectivity index (χ4v) is 5.03. The summed E-state index contributed by atoms with van der Waals surface area (Å²) in [6, 6.07) is 19.8. The van der Waals surface area contributed by atoms with E-state index in [2.05, 4.69) is 26.4 Å². The normalized spacial score (nSPS) is 15.3. The average molecular weight is 570 g/mol. The van der Waals surface area contributed by atoms with Crippen LogP contribution in [0.2, 0.25) is 0 Å². The van der Waals surface area contributed by atoms with Gasteiger partial charge in [0.15, 0.2) is 0 Å². The third-order valence-corrected chi connectivity index (χ3v) is 7.12. The molecular weight excluding hydrogens is 540 g/mol. The van der Waals surface area contributed by atoms with Gasteiger partial charge in [-0.2, -0.15) is 10.4 Å². The summed E-state index contributed by atoms with van der Waals surface area (Å²) in [6.45, 7) is 2.65. The highest BCUT2D eigenvalue weighted by molar-refractivity contribution is 6.02. The minimum atomic E-state index is -1.65. The monoisotopic (exact) mass is 569 g/mol. The van der Waals surface area contributed by atoms with Crippen LogP contribution >= 0.6 is 0 Å². The standard InChI is InChI=1S/C31H29F2N7O2/c32-25-5-10-28(29(33)17-25)31(42,20-40-22-35-21-36-40)19-38-12-14-39(15-13-38)27-8-6-26(7-9-27)37-30(41)11-4-23-2-1-3-24(16-23)18-34/h1-11,16-17,21-22,42H,12-15,19-20H2,(H,37,41)/b11-4+. The number of aliphatic hydroxyl groups is 1. The van der Waals surface area contributed by atoms with Gasteiger partial charge in [0.1, 0.15) is 29.9 Å². The number of benzene rings is 3. The van der Waals surface area contributed by atoms with Gasteiger partial charge in [0.05, 0.1) is 18.2 Å². The molecule has 2 heterocycles. The molecule has 0 aliphatic carbocycles. The van der Waals surface area contributed by atoms with Crippen molar-refractivity contribution >= 4 is 23.4 Å². The maximum absolute atomic E-state index is 14.8. The van der Waals surface area contributed by atoms with E-state index >= 15 is 0 Å². The SMILES string of the molecule is N#Cc1cccc(/C=C/C(=O)Nc2ccc(N3CCN(CC(O)(Cn4cncn4)c4ccc(F)cc4F)CC3)cc2)c1. The molecule has 5 rings (SSSR count). The molecule has 1 aliphatic rings. The molecule has 0 saturated carbocycles. The number of rotatable bonds is 9. The van der Waals surface area contributed by atoms with Gasteiger partial charge in [-0.1, -0.05) is 18.2 Å². The molecule has 2 N–H and O–H groups in total. The van der Waals surface area contributed by atoms with E-state index in [0.29, 0.717) is 37.4 Å². The number of nitrogens with zero attached hydrogens (tertiary/aromatic N) is 6. The van der Waals surface area contributed by atoms with Gasteiger partial charge < -0.3 is 15.3 Å². The lowest BCUT2D eigenvalue weighted by molar-refractivity contribution is -0.111. The number of amides is 1. The van der Waals surface area contributed by atoms with E-state index in [9.17, 15) is 18.7 Å². The number of nitriles is 1. The highest BCUT2D eigenvalue weighted by Crippen LogP contribution is 2.29. The summed E-state index contributed by atoms with van der Waals surface area (Å²) in [5.74, 6) is -1.81. The van der Waals surface area contributed by atoms with Crippen molar-refractivity contribution in [2.24, 2.45) is 0 Å². The lowest BCUT2D eigenvalue weighted by atomic mass is 9.92. The van der Waals surface area contributed by atoms with Crippen LogP contribution in [0.3, 0.4) is 0 Å². The zero-order chi connectivity index (χ0) is 29.5. The predicted octanol–water partition coefficient (Wildman–Crippen LogP) is 3.79. The number of hydrogen-bond acceptors (Lipinski definition) is 7. The molecule has 11 heteroatoms. The summed E-state index contributed by atoms with van der Waals surface area (Å²) in [7, 11) is 0. The van der Waals surface area contributed by atoms with Crippen LogP contribution in [0, 0.1) is 23.0 Å². The second-order valence-electron chi connectivity index (χ2n) is 10.1. The van der Waals surface area contributed by atoms with Gasteiger partial charge in [-0.3, -0.25) is 9.69 Å². The number of carbonyl (C=O) groups excluding carboxylic acids is 1. The minimum absolute atomic E-state index is 0.00463. The van der Waals surface area contributed by atoms with Gasteiger partial charge in [-0.25, -0.2) is 18.4 Å². The van der Waals surface area contributed by atoms with Crippen molar-refractivity contribution < 1.29 is 18.7 Å². The Balaban J connectivity index is 1.18. The molecule has 3 aromatic carbocycles. The highest BCUT2D eigenvalue weighted by atomic mass is 19.1. The second kappa shape index (κ2) is 12.7. The molecule has 214 valence electrons. The third-order valence-electron chi connectivity index (χ3n) is 7.12. The van der Waals surface area contributed by atoms with E-state index in [1.807, 2.05) is 35.2 Å². The Morgan fingerprint density at radius 3 is 2.52 bits per heavy atom. The maximum Gasteiger partial charge on any atom is 0.248 e. The molecule has 1 atom stereocenters. The summed E-state index contributed by atoms with van der Waals surface area (Å²) >= 11 is 0. The Morgan fingerprint density at radius 1 is 1.05 bits per heavy atom. The Kier molecular flexibility index (Phi) is 8.66. The lowest BCUT2D eigenvalue weighted by Gasteiger charge is -2.40. The highest BCUT2D eigenvalue weighted by Gasteiger charge is 2.36. The number of aromatic nitrogens is 3. The summed E-state index contributed by atoms with van der Waals surface area (Å²) in [5, 5.41) is 27.5. The van der Waals surface area contributed by atoms with Crippen molar-refractivity contribution in [1.82, 2.24) is 19.7 Å². The molecule has 1 amide bonds. The van der Waals surface area contributed by atoms with Crippen LogP contribution in [0.1, 0.15) is 16.7 Å². The molecule has 1 unspecified atom stereocenters. The first-order valence-electron chi connectivity index (χ1n) is 13.4. The second-order valence-corrected chi connectivity index (χ2v) is 10.1. The quantitative estimate of drug-likeness (QED) is 0.295. The maximum atomic E-state index is 14.8. The van der Waals surface area contributed by atoms with Crippen molar-refractivity contribution in [3.63, 3.8) is 0 Å². The van der Waals surface area contributed by atoms with Crippen LogP contribution in [0.15, 0.2) is 85.5 Å². The topological polar surface area (TPSA) is 110 Å². The van der Waals surface area contributed by atoms with Crippen LogP contribution in [0.4, 0.5) is 20.2 Å². The van der Waals surface area contributed by atoms with Crippen LogP contribution < -0.4 is 10.2 Å². The van der Waals surface area contributed by atoms with Crippen molar-refractivity contribution in [2.75, 3.05) is 42.9 Å². The van der Waals surface area contributed by atoms with E-state index in [-0.39, 0.29) is 24.6 Å². The first-order chi connectivity index (χ1) is 20.3. The van der Waals surface area contributed by atoms with Gasteiger partial charge in [0, 0.05) is 61.8 Å². The number of anilines is 2. The molecule has 9 nitrogen and oxygen atoms in total. The number of β-amino-alcohol motifs (C(OH)–C–C–N with tert-alkyl or cyclic N) is 1. The van der Waals surface area contributed by atoms with E-state index in [4.69, 9.17) is 5.26 Å². The van der Waals surface area contributed by atoms with Crippen molar-refractivity contribution in [1.29, 1.82) is 5.26 Å². The number of halogens is 2. The summed E-state index contributed by atoms with van der Waals surface area (Å²) in [4.78, 5) is 20.5. The van der Waals surface area contributed by atoms with E-state index in [0.717, 1.165) is 23.4 Å². The fourth-order valence-electron chi connectivity index (χ4n) is 5.03. The Morgan fingerprint density at radius 2 is 1.83 bits per heavy atom. The first-order valence-corrected chi connectivity index (χ1v) is 13.4. The van der Waals surface area contributed by atoms with Gasteiger partial charge in [-0.15, -0.1) is 0 Å². The average Bonchev–Trinajstić information content (AvgIpc) is 3.49. The Bertz CT molecular complexity index is 1590. The largest absolute Gasteiger partial charge is 0.382 e. The minimum Gasteiger partial charge on any atom is -0.382 e. The van der Waals surface area contributed by atoms with Gasteiger partial charge in [0.2, 0.25) is 5.91 Å². The van der Waals surface area contributed by atoms with Crippen LogP contribution in [-0.2, 0) is 16.9 Å². The number of hydrogen-bond donors (Lipinski definition) is 2. The first kappa shape index (κ1) is 28.6. The smallest absolute Gasteiger partial charge is 0.248 e. The Hall–Kier alpha value is -4.92. The molecule has 4 aromatic rings. The predicted molar refractivity (Wildman–Crippen MR) is 154 cm³/mol. The molecule has 1 aliphatic heterocycles. The summed E-state index contributed by atoms with van der Waals surface area (Å²) in [6.07, 6.45) is 5.86. The van der Waals surface area contributed by atoms with Gasteiger partial charge >= 0.3 is 0 Å². The fraction of sp³-hybridized carbons (Fsp3) is 0.226. The van der Waals surface area contributed by atoms with Crippen molar-refractivity contribution in [2.45, 2.75) is 12.1 Å². The van der Waals surface area contributed by atoms with E-state index in [1.165, 1.54) is 29.5 Å². The Labute approximate surface area is 241 Å². The molecule has 0 bridgehead atoms. The number of piperazine rings is 1. The van der Waals surface area contributed by atoms with Crippen molar-refractivity contribution in [3.8, 4) is 6.07 Å². The molecule has 1 aromatic heterocycles. The summed E-state index contributed by atoms with van der Waals surface area (Å²) < 4.78 is 29.8. The molecule has 0 spiro atoms. The molecule has 42 heavy (non-hydrogen) atoms. The van der Waals surface area contributed by atoms with Crippen LogP contribution in [0.5, 0.6) is 0 Å². The molecule has 1 saturated heterocycles. The third kappa shape index (κ3) is 7.04. The van der Waals surface area contributed by atoms with Gasteiger partial charge in [0.25, 0.3) is 0 Å².